The molecule has 7 nitrogen and oxygen atoms in total. The van der Waals surface area contributed by atoms with Crippen molar-refractivity contribution in [3.8, 4) is 0 Å². The van der Waals surface area contributed by atoms with E-state index in [-0.39, 0.29) is 25.0 Å². The fourth-order valence-corrected chi connectivity index (χ4v) is 3.02. The Bertz CT molecular complexity index is 536. The molecule has 1 amide bonds. The van der Waals surface area contributed by atoms with Crippen LogP contribution in [-0.4, -0.2) is 50.6 Å². The predicted molar refractivity (Wildman–Crippen MR) is 72.5 cm³/mol. The van der Waals surface area contributed by atoms with Crippen molar-refractivity contribution in [1.29, 1.82) is 0 Å². The van der Waals surface area contributed by atoms with Gasteiger partial charge in [-0.05, 0) is 19.3 Å². The number of fused-ring (bicyclic) bond motifs is 1. The van der Waals surface area contributed by atoms with Crippen molar-refractivity contribution >= 4 is 11.9 Å². The van der Waals surface area contributed by atoms with Gasteiger partial charge in [0, 0.05) is 19.4 Å². The van der Waals surface area contributed by atoms with Gasteiger partial charge in [-0.15, -0.1) is 0 Å². The highest BCUT2D eigenvalue weighted by atomic mass is 16.5. The number of aromatic nitrogens is 2. The zero-order valence-electron chi connectivity index (χ0n) is 11.7. The van der Waals surface area contributed by atoms with E-state index in [0.717, 1.165) is 30.8 Å². The van der Waals surface area contributed by atoms with Crippen LogP contribution in [0.25, 0.3) is 0 Å². The highest BCUT2D eigenvalue weighted by molar-refractivity contribution is 5.84. The Morgan fingerprint density at radius 3 is 3.10 bits per heavy atom. The van der Waals surface area contributed by atoms with Crippen LogP contribution in [0.2, 0.25) is 0 Å². The van der Waals surface area contributed by atoms with Crippen LogP contribution < -0.4 is 0 Å². The summed E-state index contributed by atoms with van der Waals surface area (Å²) in [5.41, 5.74) is 1.57. The summed E-state index contributed by atoms with van der Waals surface area (Å²) in [6, 6.07) is -0.821. The first kappa shape index (κ1) is 14.1. The molecular formula is C14H19N3O4. The third-order valence-electron chi connectivity index (χ3n) is 4.21. The van der Waals surface area contributed by atoms with Crippen LogP contribution in [0.1, 0.15) is 37.1 Å². The van der Waals surface area contributed by atoms with E-state index in [2.05, 4.69) is 9.97 Å². The van der Waals surface area contributed by atoms with Crippen molar-refractivity contribution < 1.29 is 19.4 Å². The second-order valence-corrected chi connectivity index (χ2v) is 5.58. The van der Waals surface area contributed by atoms with Gasteiger partial charge in [0.2, 0.25) is 5.91 Å². The zero-order chi connectivity index (χ0) is 14.8. The third-order valence-corrected chi connectivity index (χ3v) is 4.21. The van der Waals surface area contributed by atoms with E-state index in [1.54, 1.807) is 6.33 Å². The van der Waals surface area contributed by atoms with Crippen molar-refractivity contribution in [2.45, 2.75) is 50.8 Å². The first-order valence-corrected chi connectivity index (χ1v) is 7.30. The third kappa shape index (κ3) is 2.92. The molecule has 1 fully saturated rings. The Hall–Kier alpha value is -1.89. The smallest absolute Gasteiger partial charge is 0.326 e. The number of nitrogens with zero attached hydrogens (tertiary/aromatic N) is 2. The fourth-order valence-electron chi connectivity index (χ4n) is 3.02. The van der Waals surface area contributed by atoms with Crippen molar-refractivity contribution in [2.75, 3.05) is 6.61 Å². The first-order valence-electron chi connectivity index (χ1n) is 7.30. The number of carboxylic acid groups (broad SMARTS) is 1. The fraction of sp³-hybridized carbons (Fsp3) is 0.643. The van der Waals surface area contributed by atoms with E-state index in [1.807, 2.05) is 0 Å². The molecule has 0 radical (unpaired) electrons. The molecule has 3 rings (SSSR count). The summed E-state index contributed by atoms with van der Waals surface area (Å²) in [5.74, 6) is -1.10. The lowest BCUT2D eigenvalue weighted by Gasteiger charge is -2.32. The molecule has 1 aromatic rings. The number of aromatic amines is 1. The van der Waals surface area contributed by atoms with Crippen molar-refractivity contribution in [3.63, 3.8) is 0 Å². The second kappa shape index (κ2) is 5.85. The van der Waals surface area contributed by atoms with Gasteiger partial charge in [0.1, 0.15) is 6.04 Å². The molecule has 2 aliphatic heterocycles. The monoisotopic (exact) mass is 293 g/mol. The molecule has 3 heterocycles. The summed E-state index contributed by atoms with van der Waals surface area (Å²) in [4.78, 5) is 32.3. The Labute approximate surface area is 122 Å². The SMILES string of the molecule is O=C(O)C1Cc2nc[nH]c2CN1C(=O)CCC1CCCO1. The summed E-state index contributed by atoms with van der Waals surface area (Å²) in [7, 11) is 0. The lowest BCUT2D eigenvalue weighted by atomic mass is 10.0. The lowest BCUT2D eigenvalue weighted by molar-refractivity contribution is -0.151. The molecule has 2 unspecified atom stereocenters. The Morgan fingerprint density at radius 2 is 2.38 bits per heavy atom. The maximum atomic E-state index is 12.4. The molecule has 7 heteroatoms. The number of hydrogen-bond acceptors (Lipinski definition) is 4. The van der Waals surface area contributed by atoms with Crippen LogP contribution in [0.4, 0.5) is 0 Å². The van der Waals surface area contributed by atoms with Crippen LogP contribution in [-0.2, 0) is 27.3 Å². The minimum atomic E-state index is -0.978. The molecule has 2 atom stereocenters. The minimum Gasteiger partial charge on any atom is -0.480 e. The predicted octanol–water partition coefficient (Wildman–Crippen LogP) is 0.707. The van der Waals surface area contributed by atoms with E-state index in [0.29, 0.717) is 12.8 Å². The summed E-state index contributed by atoms with van der Waals surface area (Å²) >= 11 is 0. The number of carbonyl (C=O) groups is 2. The average molecular weight is 293 g/mol. The number of aliphatic carboxylic acids is 1. The van der Waals surface area contributed by atoms with Crippen LogP contribution in [0.3, 0.4) is 0 Å². The van der Waals surface area contributed by atoms with E-state index >= 15 is 0 Å². The molecular weight excluding hydrogens is 274 g/mol. The quantitative estimate of drug-likeness (QED) is 0.852. The number of amides is 1. The molecule has 2 aliphatic rings. The number of ether oxygens (including phenoxy) is 1. The van der Waals surface area contributed by atoms with Gasteiger partial charge in [-0.1, -0.05) is 0 Å². The Kier molecular flexibility index (Phi) is 3.92. The van der Waals surface area contributed by atoms with E-state index < -0.39 is 12.0 Å². The van der Waals surface area contributed by atoms with Crippen LogP contribution in [0.5, 0.6) is 0 Å². The number of nitrogens with one attached hydrogen (secondary N) is 1. The van der Waals surface area contributed by atoms with E-state index in [9.17, 15) is 14.7 Å². The molecule has 0 spiro atoms. The van der Waals surface area contributed by atoms with Gasteiger partial charge in [-0.2, -0.15) is 0 Å². The molecule has 114 valence electrons. The van der Waals surface area contributed by atoms with Gasteiger partial charge < -0.3 is 19.7 Å². The average Bonchev–Trinajstić information content (AvgIpc) is 3.13. The van der Waals surface area contributed by atoms with Crippen molar-refractivity contribution in [3.05, 3.63) is 17.7 Å². The molecule has 1 aromatic heterocycles. The van der Waals surface area contributed by atoms with Crippen LogP contribution >= 0.6 is 0 Å². The number of H-pyrrole nitrogens is 1. The van der Waals surface area contributed by atoms with Crippen LogP contribution in [0, 0.1) is 0 Å². The molecule has 2 N–H and O–H groups in total. The number of rotatable bonds is 4. The summed E-state index contributed by atoms with van der Waals surface area (Å²) < 4.78 is 5.51. The molecule has 1 saturated heterocycles. The Morgan fingerprint density at radius 1 is 1.52 bits per heavy atom. The second-order valence-electron chi connectivity index (χ2n) is 5.58. The zero-order valence-corrected chi connectivity index (χ0v) is 11.7. The Balaban J connectivity index is 1.66. The minimum absolute atomic E-state index is 0.127. The van der Waals surface area contributed by atoms with Crippen LogP contribution in [0.15, 0.2) is 6.33 Å². The van der Waals surface area contributed by atoms with Crippen molar-refractivity contribution in [1.82, 2.24) is 14.9 Å². The van der Waals surface area contributed by atoms with Gasteiger partial charge in [0.05, 0.1) is 30.4 Å². The van der Waals surface area contributed by atoms with Gasteiger partial charge in [-0.3, -0.25) is 4.79 Å². The largest absolute Gasteiger partial charge is 0.480 e. The highest BCUT2D eigenvalue weighted by Gasteiger charge is 2.35. The van der Waals surface area contributed by atoms with E-state index in [1.165, 1.54) is 4.90 Å². The lowest BCUT2D eigenvalue weighted by Crippen LogP contribution is -2.48. The number of carboxylic acids is 1. The van der Waals surface area contributed by atoms with Gasteiger partial charge >= 0.3 is 5.97 Å². The van der Waals surface area contributed by atoms with Gasteiger partial charge in [-0.25, -0.2) is 9.78 Å². The van der Waals surface area contributed by atoms with Crippen molar-refractivity contribution in [2.24, 2.45) is 0 Å². The normalized spacial score (nSPS) is 24.9. The van der Waals surface area contributed by atoms with Gasteiger partial charge in [0.25, 0.3) is 0 Å². The molecule has 0 saturated carbocycles. The summed E-state index contributed by atoms with van der Waals surface area (Å²) in [5, 5.41) is 9.34. The molecule has 0 aliphatic carbocycles. The highest BCUT2D eigenvalue weighted by Crippen LogP contribution is 2.23. The molecule has 21 heavy (non-hydrogen) atoms. The maximum absolute atomic E-state index is 12.4. The maximum Gasteiger partial charge on any atom is 0.326 e. The first-order chi connectivity index (χ1) is 10.1. The summed E-state index contributed by atoms with van der Waals surface area (Å²) in [6.07, 6.45) is 4.97. The number of carbonyl (C=O) groups excluding carboxylic acids is 1. The van der Waals surface area contributed by atoms with E-state index in [4.69, 9.17) is 4.74 Å². The summed E-state index contributed by atoms with van der Waals surface area (Å²) in [6.45, 7) is 1.05. The number of imidazole rings is 1. The molecule has 0 aromatic carbocycles. The van der Waals surface area contributed by atoms with Gasteiger partial charge in [0.15, 0.2) is 0 Å². The molecule has 0 bridgehead atoms. The standard InChI is InChI=1S/C14H19N3O4/c18-13(4-3-9-2-1-5-21-9)17-7-11-10(15-8-16-11)6-12(17)14(19)20/h8-9,12H,1-7H2,(H,15,16)(H,19,20). The topological polar surface area (TPSA) is 95.5 Å². The number of hydrogen-bond donors (Lipinski definition) is 2.